The highest BCUT2D eigenvalue weighted by Gasteiger charge is 2.31. The van der Waals surface area contributed by atoms with Crippen LogP contribution in [0.5, 0.6) is 0 Å². The first-order chi connectivity index (χ1) is 8.37. The summed E-state index contributed by atoms with van der Waals surface area (Å²) < 4.78 is 27.5. The summed E-state index contributed by atoms with van der Waals surface area (Å²) in [5.74, 6) is -2.41. The van der Waals surface area contributed by atoms with Gasteiger partial charge >= 0.3 is 0 Å². The first-order valence-electron chi connectivity index (χ1n) is 5.73. The molecule has 0 amide bonds. The summed E-state index contributed by atoms with van der Waals surface area (Å²) in [6.07, 6.45) is 1.87. The highest BCUT2D eigenvalue weighted by atomic mass is 32.2. The van der Waals surface area contributed by atoms with Gasteiger partial charge in [-0.1, -0.05) is 30.3 Å². The van der Waals surface area contributed by atoms with Crippen LogP contribution >= 0.6 is 11.8 Å². The average Bonchev–Trinajstić information content (AvgIpc) is 2.29. The fraction of sp³-hybridized carbons (Fsp3) is 0.538. The first-order valence-corrected chi connectivity index (χ1v) is 7.12. The van der Waals surface area contributed by atoms with Crippen LogP contribution in [0.15, 0.2) is 30.3 Å². The highest BCUT2D eigenvalue weighted by molar-refractivity contribution is 7.98. The lowest BCUT2D eigenvalue weighted by Gasteiger charge is -2.24. The van der Waals surface area contributed by atoms with Crippen molar-refractivity contribution in [3.63, 3.8) is 0 Å². The lowest BCUT2D eigenvalue weighted by Crippen LogP contribution is -2.43. The maximum atomic E-state index is 13.8. The normalized spacial score (nSPS) is 15.4. The monoisotopic (exact) mass is 275 g/mol. The third-order valence-electron chi connectivity index (χ3n) is 2.50. The van der Waals surface area contributed by atoms with E-state index in [0.29, 0.717) is 5.75 Å². The van der Waals surface area contributed by atoms with E-state index in [9.17, 15) is 13.9 Å². The number of alkyl halides is 2. The van der Waals surface area contributed by atoms with Crippen molar-refractivity contribution in [2.45, 2.75) is 18.4 Å². The number of thioether (sulfide) groups is 1. The molecule has 0 fully saturated rings. The molecule has 0 radical (unpaired) electrons. The van der Waals surface area contributed by atoms with Crippen molar-refractivity contribution in [3.05, 3.63) is 35.9 Å². The zero-order valence-corrected chi connectivity index (χ0v) is 11.4. The third kappa shape index (κ3) is 4.92. The molecule has 0 spiro atoms. The Hall–Kier alpha value is -0.650. The van der Waals surface area contributed by atoms with Gasteiger partial charge in [-0.15, -0.1) is 0 Å². The molecule has 0 bridgehead atoms. The second kappa shape index (κ2) is 6.50. The van der Waals surface area contributed by atoms with Crippen LogP contribution in [-0.2, 0) is 5.92 Å². The van der Waals surface area contributed by atoms with Crippen LogP contribution in [0.1, 0.15) is 12.5 Å². The summed E-state index contributed by atoms with van der Waals surface area (Å²) in [6.45, 7) is 1.31. The van der Waals surface area contributed by atoms with Gasteiger partial charge < -0.3 is 10.4 Å². The van der Waals surface area contributed by atoms with Crippen molar-refractivity contribution in [3.8, 4) is 0 Å². The fourth-order valence-corrected chi connectivity index (χ4v) is 2.36. The maximum Gasteiger partial charge on any atom is 0.285 e. The van der Waals surface area contributed by atoms with Crippen molar-refractivity contribution in [2.24, 2.45) is 0 Å². The van der Waals surface area contributed by atoms with Gasteiger partial charge in [-0.05, 0) is 13.2 Å². The van der Waals surface area contributed by atoms with Gasteiger partial charge in [0.1, 0.15) is 0 Å². The molecule has 0 heterocycles. The molecule has 5 heteroatoms. The Morgan fingerprint density at radius 3 is 2.39 bits per heavy atom. The maximum absolute atomic E-state index is 13.8. The smallest absolute Gasteiger partial charge is 0.285 e. The second-order valence-corrected chi connectivity index (χ2v) is 5.47. The van der Waals surface area contributed by atoms with Gasteiger partial charge in [0.05, 0.1) is 12.1 Å². The van der Waals surface area contributed by atoms with E-state index in [1.54, 1.807) is 25.1 Å². The average molecular weight is 275 g/mol. The quantitative estimate of drug-likeness (QED) is 0.802. The minimum Gasteiger partial charge on any atom is -0.388 e. The van der Waals surface area contributed by atoms with Crippen molar-refractivity contribution in [2.75, 3.05) is 25.1 Å². The Labute approximate surface area is 111 Å². The molecular weight excluding hydrogens is 256 g/mol. The minimum absolute atomic E-state index is 0.0120. The van der Waals surface area contributed by atoms with Crippen LogP contribution in [0.2, 0.25) is 0 Å². The molecule has 1 atom stereocenters. The Morgan fingerprint density at radius 1 is 1.22 bits per heavy atom. The third-order valence-corrected chi connectivity index (χ3v) is 3.41. The molecule has 0 aliphatic rings. The molecule has 0 aliphatic heterocycles. The molecular formula is C13H19F2NOS. The van der Waals surface area contributed by atoms with E-state index in [1.165, 1.54) is 23.9 Å². The van der Waals surface area contributed by atoms with Crippen LogP contribution in [0.4, 0.5) is 8.78 Å². The second-order valence-electron chi connectivity index (χ2n) is 4.60. The van der Waals surface area contributed by atoms with Crippen LogP contribution in [-0.4, -0.2) is 35.8 Å². The summed E-state index contributed by atoms with van der Waals surface area (Å²) in [5, 5.41) is 12.5. The molecule has 0 aliphatic carbocycles. The van der Waals surface area contributed by atoms with E-state index in [-0.39, 0.29) is 12.1 Å². The van der Waals surface area contributed by atoms with Crippen molar-refractivity contribution in [1.29, 1.82) is 0 Å². The molecule has 1 aromatic rings. The SMILES string of the molecule is CSCC(C)(O)CNCC(F)(F)c1ccccc1. The summed E-state index contributed by atoms with van der Waals surface area (Å²) >= 11 is 1.49. The van der Waals surface area contributed by atoms with Gasteiger partial charge in [0.25, 0.3) is 5.92 Å². The molecule has 18 heavy (non-hydrogen) atoms. The van der Waals surface area contributed by atoms with E-state index in [2.05, 4.69) is 5.32 Å². The van der Waals surface area contributed by atoms with Crippen LogP contribution < -0.4 is 5.32 Å². The molecule has 102 valence electrons. The predicted molar refractivity (Wildman–Crippen MR) is 72.2 cm³/mol. The number of nitrogens with one attached hydrogen (secondary N) is 1. The summed E-state index contributed by atoms with van der Waals surface area (Å²) in [6, 6.07) is 7.69. The molecule has 2 N–H and O–H groups in total. The van der Waals surface area contributed by atoms with Gasteiger partial charge in [0, 0.05) is 17.9 Å². The van der Waals surface area contributed by atoms with Crippen molar-refractivity contribution in [1.82, 2.24) is 5.32 Å². The zero-order chi connectivity index (χ0) is 13.6. The largest absolute Gasteiger partial charge is 0.388 e. The standard InChI is InChI=1S/C13H19F2NOS/c1-12(17,10-18-2)8-16-9-13(14,15)11-6-4-3-5-7-11/h3-7,16-17H,8-10H2,1-2H3. The summed E-state index contributed by atoms with van der Waals surface area (Å²) in [4.78, 5) is 0. The number of benzene rings is 1. The van der Waals surface area contributed by atoms with E-state index in [0.717, 1.165) is 0 Å². The van der Waals surface area contributed by atoms with Crippen LogP contribution in [0.3, 0.4) is 0 Å². The van der Waals surface area contributed by atoms with E-state index >= 15 is 0 Å². The Kier molecular flexibility index (Phi) is 5.56. The molecule has 0 saturated carbocycles. The van der Waals surface area contributed by atoms with E-state index in [1.807, 2.05) is 6.26 Å². The number of hydrogen-bond donors (Lipinski definition) is 2. The lowest BCUT2D eigenvalue weighted by molar-refractivity contribution is -0.00947. The molecule has 1 rings (SSSR count). The van der Waals surface area contributed by atoms with E-state index < -0.39 is 18.1 Å². The number of aliphatic hydroxyl groups is 1. The summed E-state index contributed by atoms with van der Waals surface area (Å²) in [5.41, 5.74) is -0.978. The number of hydrogen-bond acceptors (Lipinski definition) is 3. The van der Waals surface area contributed by atoms with Crippen LogP contribution in [0.25, 0.3) is 0 Å². The predicted octanol–water partition coefficient (Wildman–Crippen LogP) is 2.48. The topological polar surface area (TPSA) is 32.3 Å². The molecule has 2 nitrogen and oxygen atoms in total. The molecule has 0 saturated heterocycles. The number of rotatable bonds is 7. The van der Waals surface area contributed by atoms with Gasteiger partial charge in [0.2, 0.25) is 0 Å². The van der Waals surface area contributed by atoms with Gasteiger partial charge in [-0.25, -0.2) is 0 Å². The lowest BCUT2D eigenvalue weighted by atomic mass is 10.1. The minimum atomic E-state index is -2.92. The zero-order valence-electron chi connectivity index (χ0n) is 10.6. The Morgan fingerprint density at radius 2 is 1.83 bits per heavy atom. The highest BCUT2D eigenvalue weighted by Crippen LogP contribution is 2.26. The van der Waals surface area contributed by atoms with Gasteiger partial charge in [0.15, 0.2) is 0 Å². The molecule has 1 unspecified atom stereocenters. The molecule has 1 aromatic carbocycles. The van der Waals surface area contributed by atoms with Gasteiger partial charge in [-0.3, -0.25) is 0 Å². The van der Waals surface area contributed by atoms with Crippen LogP contribution in [0, 0.1) is 0 Å². The van der Waals surface area contributed by atoms with Crippen molar-refractivity contribution >= 4 is 11.8 Å². The first kappa shape index (κ1) is 15.4. The number of halogens is 2. The molecule has 0 aromatic heterocycles. The van der Waals surface area contributed by atoms with Gasteiger partial charge in [-0.2, -0.15) is 20.5 Å². The van der Waals surface area contributed by atoms with E-state index in [4.69, 9.17) is 0 Å². The Bertz CT molecular complexity index is 357. The summed E-state index contributed by atoms with van der Waals surface area (Å²) in [7, 11) is 0. The fourth-order valence-electron chi connectivity index (χ4n) is 1.63. The van der Waals surface area contributed by atoms with Crippen molar-refractivity contribution < 1.29 is 13.9 Å². The Balaban J connectivity index is 2.48.